The maximum Gasteiger partial charge on any atom is 0.161 e. The fourth-order valence-electron chi connectivity index (χ4n) is 3.90. The molecular formula is C24H26O2. The number of phenols is 2. The Bertz CT molecular complexity index is 869. The van der Waals surface area contributed by atoms with Crippen molar-refractivity contribution in [2.45, 2.75) is 32.6 Å². The Morgan fingerprint density at radius 3 is 1.88 bits per heavy atom. The van der Waals surface area contributed by atoms with Gasteiger partial charge in [0.15, 0.2) is 11.5 Å². The van der Waals surface area contributed by atoms with Crippen LogP contribution in [0.5, 0.6) is 11.5 Å². The lowest BCUT2D eigenvalue weighted by atomic mass is 9.57. The summed E-state index contributed by atoms with van der Waals surface area (Å²) in [5.41, 5.74) is 2.39. The molecule has 0 amide bonds. The number of benzene rings is 3. The first kappa shape index (κ1) is 18.1. The van der Waals surface area contributed by atoms with Crippen LogP contribution >= 0.6 is 0 Å². The molecule has 134 valence electrons. The number of hydrogen-bond donors (Lipinski definition) is 2. The molecule has 0 aliphatic heterocycles. The maximum atomic E-state index is 10.7. The lowest BCUT2D eigenvalue weighted by Crippen LogP contribution is -2.42. The van der Waals surface area contributed by atoms with E-state index in [1.165, 1.54) is 11.6 Å². The summed E-state index contributed by atoms with van der Waals surface area (Å²) in [6.07, 6.45) is 0.842. The SMILES string of the molecule is CC(C)(Cc1ccccc1)C(C)(c1ccccc1)c1cccc(O)c1O. The molecule has 2 N–H and O–H groups in total. The van der Waals surface area contributed by atoms with Gasteiger partial charge < -0.3 is 10.2 Å². The number of hydrogen-bond acceptors (Lipinski definition) is 2. The van der Waals surface area contributed by atoms with Crippen molar-refractivity contribution >= 4 is 0 Å². The first-order valence-corrected chi connectivity index (χ1v) is 8.97. The molecule has 0 fully saturated rings. The molecule has 0 heterocycles. The summed E-state index contributed by atoms with van der Waals surface area (Å²) in [5, 5.41) is 20.8. The van der Waals surface area contributed by atoms with Gasteiger partial charge in [-0.3, -0.25) is 0 Å². The van der Waals surface area contributed by atoms with Gasteiger partial charge in [0, 0.05) is 11.0 Å². The van der Waals surface area contributed by atoms with Crippen molar-refractivity contribution in [2.75, 3.05) is 0 Å². The van der Waals surface area contributed by atoms with Crippen molar-refractivity contribution in [2.24, 2.45) is 5.41 Å². The molecule has 2 nitrogen and oxygen atoms in total. The number of rotatable bonds is 5. The second kappa shape index (κ2) is 6.87. The predicted octanol–water partition coefficient (Wildman–Crippen LogP) is 5.67. The van der Waals surface area contributed by atoms with Gasteiger partial charge >= 0.3 is 0 Å². The molecule has 0 radical (unpaired) electrons. The van der Waals surface area contributed by atoms with Gasteiger partial charge in [-0.2, -0.15) is 0 Å². The minimum Gasteiger partial charge on any atom is -0.504 e. The third-order valence-corrected chi connectivity index (χ3v) is 5.75. The minimum absolute atomic E-state index is 0.0417. The van der Waals surface area contributed by atoms with E-state index in [4.69, 9.17) is 0 Å². The summed E-state index contributed by atoms with van der Waals surface area (Å²) in [7, 11) is 0. The van der Waals surface area contributed by atoms with Crippen molar-refractivity contribution in [3.63, 3.8) is 0 Å². The molecule has 2 heteroatoms. The Kier molecular flexibility index (Phi) is 4.78. The van der Waals surface area contributed by atoms with Crippen LogP contribution in [0.25, 0.3) is 0 Å². The van der Waals surface area contributed by atoms with Crippen LogP contribution < -0.4 is 0 Å². The highest BCUT2D eigenvalue weighted by molar-refractivity contribution is 5.53. The van der Waals surface area contributed by atoms with Gasteiger partial charge in [0.1, 0.15) is 0 Å². The second-order valence-corrected chi connectivity index (χ2v) is 7.71. The molecule has 0 aliphatic rings. The van der Waals surface area contributed by atoms with E-state index in [2.05, 4.69) is 57.2 Å². The van der Waals surface area contributed by atoms with E-state index in [0.717, 1.165) is 17.5 Å². The van der Waals surface area contributed by atoms with E-state index in [-0.39, 0.29) is 16.9 Å². The highest BCUT2D eigenvalue weighted by Crippen LogP contribution is 2.52. The lowest BCUT2D eigenvalue weighted by Gasteiger charge is -2.46. The number of phenolic OH excluding ortho intramolecular Hbond substituents is 2. The van der Waals surface area contributed by atoms with Crippen LogP contribution in [0.1, 0.15) is 37.5 Å². The lowest BCUT2D eigenvalue weighted by molar-refractivity contribution is 0.211. The van der Waals surface area contributed by atoms with Crippen LogP contribution in [-0.4, -0.2) is 10.2 Å². The Morgan fingerprint density at radius 2 is 1.27 bits per heavy atom. The number of aromatic hydroxyl groups is 2. The van der Waals surface area contributed by atoms with Crippen LogP contribution in [0.15, 0.2) is 78.9 Å². The van der Waals surface area contributed by atoms with Crippen molar-refractivity contribution in [1.82, 2.24) is 0 Å². The van der Waals surface area contributed by atoms with E-state index in [1.807, 2.05) is 30.3 Å². The zero-order valence-corrected chi connectivity index (χ0v) is 15.6. The molecule has 26 heavy (non-hydrogen) atoms. The average molecular weight is 346 g/mol. The van der Waals surface area contributed by atoms with Crippen LogP contribution in [-0.2, 0) is 11.8 Å². The van der Waals surface area contributed by atoms with Crippen LogP contribution in [0.3, 0.4) is 0 Å². The molecule has 0 saturated heterocycles. The van der Waals surface area contributed by atoms with E-state index in [0.29, 0.717) is 0 Å². The summed E-state index contributed by atoms with van der Waals surface area (Å²) in [5.74, 6) is -0.125. The Hall–Kier alpha value is -2.74. The third kappa shape index (κ3) is 3.08. The van der Waals surface area contributed by atoms with Crippen LogP contribution in [0.2, 0.25) is 0 Å². The van der Waals surface area contributed by atoms with Gasteiger partial charge in [-0.25, -0.2) is 0 Å². The fourth-order valence-corrected chi connectivity index (χ4v) is 3.90. The van der Waals surface area contributed by atoms with Crippen molar-refractivity contribution in [3.8, 4) is 11.5 Å². The molecule has 0 saturated carbocycles. The highest BCUT2D eigenvalue weighted by atomic mass is 16.3. The zero-order valence-electron chi connectivity index (χ0n) is 15.6. The largest absolute Gasteiger partial charge is 0.504 e. The molecule has 0 aromatic heterocycles. The first-order valence-electron chi connectivity index (χ1n) is 8.97. The van der Waals surface area contributed by atoms with Crippen molar-refractivity contribution in [3.05, 3.63) is 95.6 Å². The molecule has 0 bridgehead atoms. The molecule has 1 unspecified atom stereocenters. The number of para-hydroxylation sites is 1. The molecular weight excluding hydrogens is 320 g/mol. The molecule has 3 aromatic rings. The van der Waals surface area contributed by atoms with Crippen molar-refractivity contribution < 1.29 is 10.2 Å². The normalized spacial score (nSPS) is 14.0. The summed E-state index contributed by atoms with van der Waals surface area (Å²) in [4.78, 5) is 0. The molecule has 0 spiro atoms. The van der Waals surface area contributed by atoms with E-state index in [1.54, 1.807) is 6.07 Å². The summed E-state index contributed by atoms with van der Waals surface area (Å²) < 4.78 is 0. The van der Waals surface area contributed by atoms with Crippen LogP contribution in [0.4, 0.5) is 0 Å². The third-order valence-electron chi connectivity index (χ3n) is 5.75. The van der Waals surface area contributed by atoms with Gasteiger partial charge in [0.05, 0.1) is 0 Å². The Balaban J connectivity index is 2.19. The fraction of sp³-hybridized carbons (Fsp3) is 0.250. The average Bonchev–Trinajstić information content (AvgIpc) is 2.64. The molecule has 3 aromatic carbocycles. The van der Waals surface area contributed by atoms with Crippen LogP contribution in [0, 0.1) is 5.41 Å². The zero-order chi connectivity index (χ0) is 18.8. The highest BCUT2D eigenvalue weighted by Gasteiger charge is 2.45. The van der Waals surface area contributed by atoms with Gasteiger partial charge in [-0.15, -0.1) is 0 Å². The first-order chi connectivity index (χ1) is 12.4. The predicted molar refractivity (Wildman–Crippen MR) is 107 cm³/mol. The van der Waals surface area contributed by atoms with Gasteiger partial charge in [-0.05, 0) is 29.0 Å². The van der Waals surface area contributed by atoms with Gasteiger partial charge in [-0.1, -0.05) is 93.6 Å². The van der Waals surface area contributed by atoms with Gasteiger partial charge in [0.25, 0.3) is 0 Å². The molecule has 3 rings (SSSR count). The van der Waals surface area contributed by atoms with E-state index < -0.39 is 5.41 Å². The monoisotopic (exact) mass is 346 g/mol. The topological polar surface area (TPSA) is 40.5 Å². The summed E-state index contributed by atoms with van der Waals surface area (Å²) in [6.45, 7) is 6.59. The maximum absolute atomic E-state index is 10.7. The second-order valence-electron chi connectivity index (χ2n) is 7.71. The quantitative estimate of drug-likeness (QED) is 0.584. The standard InChI is InChI=1S/C24H26O2/c1-23(2,17-18-11-6-4-7-12-18)24(3,19-13-8-5-9-14-19)20-15-10-16-21(25)22(20)26/h4-16,25-26H,17H2,1-3H3. The summed E-state index contributed by atoms with van der Waals surface area (Å²) >= 11 is 0. The Labute approximate surface area is 155 Å². The van der Waals surface area contributed by atoms with E-state index >= 15 is 0 Å². The minimum atomic E-state index is -0.493. The summed E-state index contributed by atoms with van der Waals surface area (Å²) in [6, 6.07) is 25.8. The van der Waals surface area contributed by atoms with Crippen molar-refractivity contribution in [1.29, 1.82) is 0 Å². The van der Waals surface area contributed by atoms with E-state index in [9.17, 15) is 10.2 Å². The molecule has 0 aliphatic carbocycles. The Morgan fingerprint density at radius 1 is 0.692 bits per heavy atom. The molecule has 1 atom stereocenters. The van der Waals surface area contributed by atoms with Gasteiger partial charge in [0.2, 0.25) is 0 Å². The smallest absolute Gasteiger partial charge is 0.161 e.